The molecule has 0 aliphatic heterocycles. The van der Waals surface area contributed by atoms with Crippen LogP contribution in [0, 0.1) is 5.21 Å². The fourth-order valence-corrected chi connectivity index (χ4v) is 0.816. The first-order valence-corrected chi connectivity index (χ1v) is 3.11. The summed E-state index contributed by atoms with van der Waals surface area (Å²) in [5, 5.41) is 11.1. The van der Waals surface area contributed by atoms with Gasteiger partial charge in [0.25, 0.3) is 0 Å². The van der Waals surface area contributed by atoms with Crippen molar-refractivity contribution in [1.29, 1.82) is 0 Å². The van der Waals surface area contributed by atoms with E-state index in [9.17, 15) is 5.21 Å². The van der Waals surface area contributed by atoms with E-state index >= 15 is 0 Å². The molecule has 1 rings (SSSR count). The molecule has 0 saturated carbocycles. The van der Waals surface area contributed by atoms with Crippen molar-refractivity contribution < 1.29 is 4.74 Å². The number of hydrogen-bond acceptors (Lipinski definition) is 1. The summed E-state index contributed by atoms with van der Waals surface area (Å²) in [6.45, 7) is 3.17. The van der Waals surface area contributed by atoms with Gasteiger partial charge in [0.05, 0.1) is 0 Å². The number of halogens is 1. The minimum Gasteiger partial charge on any atom is -0.619 e. The number of benzene rings is 1. The highest BCUT2D eigenvalue weighted by atomic mass is 35.5. The monoisotopic (exact) mass is 155 g/mol. The Labute approximate surface area is 64.0 Å². The van der Waals surface area contributed by atoms with Crippen LogP contribution in [-0.2, 0) is 0 Å². The summed E-state index contributed by atoms with van der Waals surface area (Å²) in [6, 6.07) is 6.61. The molecular weight excluding hydrogens is 150 g/mol. The Morgan fingerprint density at radius 2 is 2.20 bits per heavy atom. The molecule has 0 heterocycles. The van der Waals surface area contributed by atoms with Crippen molar-refractivity contribution in [3.05, 3.63) is 34.5 Å². The molecule has 0 saturated heterocycles. The van der Waals surface area contributed by atoms with Crippen LogP contribution in [-0.4, -0.2) is 11.5 Å². The molecule has 0 radical (unpaired) electrons. The van der Waals surface area contributed by atoms with Crippen LogP contribution in [0.25, 0.3) is 0 Å². The average molecular weight is 156 g/mol. The van der Waals surface area contributed by atoms with Crippen molar-refractivity contribution in [2.45, 2.75) is 0 Å². The molecule has 0 N–H and O–H groups in total. The lowest BCUT2D eigenvalue weighted by Crippen LogP contribution is -1.87. The highest BCUT2D eigenvalue weighted by Gasteiger charge is 1.96. The smallest absolute Gasteiger partial charge is 0.217 e. The van der Waals surface area contributed by atoms with Gasteiger partial charge in [-0.1, -0.05) is 17.7 Å². The van der Waals surface area contributed by atoms with Crippen LogP contribution in [0.3, 0.4) is 0 Å². The molecule has 0 aliphatic rings. The minimum absolute atomic E-state index is 0.465. The summed E-state index contributed by atoms with van der Waals surface area (Å²) >= 11 is 5.60. The predicted molar refractivity (Wildman–Crippen MR) is 41.9 cm³/mol. The average Bonchev–Trinajstić information content (AvgIpc) is 1.88. The molecule has 0 amide bonds. The number of nitrogens with zero attached hydrogens (tertiary/aromatic N) is 1. The first-order chi connectivity index (χ1) is 4.70. The van der Waals surface area contributed by atoms with E-state index in [0.29, 0.717) is 15.4 Å². The molecule has 1 aromatic rings. The van der Waals surface area contributed by atoms with Gasteiger partial charge >= 0.3 is 0 Å². The molecule has 0 atom stereocenters. The van der Waals surface area contributed by atoms with E-state index in [1.165, 1.54) is 0 Å². The Kier molecular flexibility index (Phi) is 1.92. The summed E-state index contributed by atoms with van der Waals surface area (Å²) in [6.07, 6.45) is 0. The third kappa shape index (κ3) is 1.48. The van der Waals surface area contributed by atoms with Crippen LogP contribution >= 0.6 is 11.6 Å². The van der Waals surface area contributed by atoms with Crippen molar-refractivity contribution in [2.24, 2.45) is 0 Å². The minimum atomic E-state index is 0.465. The molecule has 0 fully saturated rings. The maximum Gasteiger partial charge on any atom is 0.217 e. The highest BCUT2D eigenvalue weighted by molar-refractivity contribution is 6.30. The van der Waals surface area contributed by atoms with Crippen LogP contribution in [0.5, 0.6) is 0 Å². The second-order valence-corrected chi connectivity index (χ2v) is 2.29. The summed E-state index contributed by atoms with van der Waals surface area (Å²) in [4.78, 5) is 0. The largest absolute Gasteiger partial charge is 0.619 e. The first-order valence-electron chi connectivity index (χ1n) is 2.73. The highest BCUT2D eigenvalue weighted by Crippen LogP contribution is 2.15. The molecule has 2 nitrogen and oxygen atoms in total. The van der Waals surface area contributed by atoms with Crippen molar-refractivity contribution in [3.8, 4) is 0 Å². The Balaban J connectivity index is 3.07. The van der Waals surface area contributed by atoms with E-state index in [4.69, 9.17) is 11.6 Å². The van der Waals surface area contributed by atoms with Gasteiger partial charge in [-0.2, -0.15) is 4.74 Å². The Morgan fingerprint density at radius 1 is 1.50 bits per heavy atom. The molecule has 52 valence electrons. The van der Waals surface area contributed by atoms with E-state index in [-0.39, 0.29) is 0 Å². The molecule has 0 bridgehead atoms. The zero-order valence-electron chi connectivity index (χ0n) is 5.25. The summed E-state index contributed by atoms with van der Waals surface area (Å²) in [7, 11) is 0. The number of hydrogen-bond donors (Lipinski definition) is 0. The van der Waals surface area contributed by atoms with Gasteiger partial charge in [-0.05, 0) is 6.07 Å². The third-order valence-electron chi connectivity index (χ3n) is 1.10. The molecule has 0 aliphatic carbocycles. The maximum atomic E-state index is 10.5. The zero-order chi connectivity index (χ0) is 7.56. The predicted octanol–water partition coefficient (Wildman–Crippen LogP) is 2.18. The van der Waals surface area contributed by atoms with E-state index in [1.54, 1.807) is 24.3 Å². The van der Waals surface area contributed by atoms with Gasteiger partial charge in [0, 0.05) is 17.2 Å². The fourth-order valence-electron chi connectivity index (χ4n) is 0.631. The van der Waals surface area contributed by atoms with E-state index in [1.807, 2.05) is 0 Å². The second kappa shape index (κ2) is 2.71. The molecule has 0 spiro atoms. The van der Waals surface area contributed by atoms with Crippen LogP contribution in [0.1, 0.15) is 0 Å². The Morgan fingerprint density at radius 3 is 2.60 bits per heavy atom. The first kappa shape index (κ1) is 7.09. The Bertz CT molecular complexity index is 260. The van der Waals surface area contributed by atoms with Gasteiger partial charge in [0.2, 0.25) is 5.69 Å². The van der Waals surface area contributed by atoms with Gasteiger partial charge in [-0.15, -0.1) is 0 Å². The van der Waals surface area contributed by atoms with Crippen LogP contribution in [0.15, 0.2) is 24.3 Å². The van der Waals surface area contributed by atoms with Gasteiger partial charge in [0.1, 0.15) is 6.72 Å². The summed E-state index contributed by atoms with van der Waals surface area (Å²) in [5.74, 6) is 0. The quantitative estimate of drug-likeness (QED) is 0.264. The van der Waals surface area contributed by atoms with Gasteiger partial charge < -0.3 is 5.21 Å². The molecule has 3 heteroatoms. The molecule has 10 heavy (non-hydrogen) atoms. The van der Waals surface area contributed by atoms with Crippen LogP contribution < -0.4 is 0 Å². The molecule has 1 aromatic carbocycles. The SMILES string of the molecule is C=[N+]([O-])c1cccc(Cl)c1. The standard InChI is InChI=1S/C7H6ClNO/c1-9(10)7-4-2-3-6(8)5-7/h2-5H,1H2. The molecule has 0 unspecified atom stereocenters. The molecular formula is C7H6ClNO. The van der Waals surface area contributed by atoms with E-state index < -0.39 is 0 Å². The number of rotatable bonds is 1. The van der Waals surface area contributed by atoms with Crippen LogP contribution in [0.2, 0.25) is 5.02 Å². The third-order valence-corrected chi connectivity index (χ3v) is 1.33. The van der Waals surface area contributed by atoms with Gasteiger partial charge in [0.15, 0.2) is 0 Å². The summed E-state index contributed by atoms with van der Waals surface area (Å²) in [5.41, 5.74) is 0.465. The van der Waals surface area contributed by atoms with Gasteiger partial charge in [-0.25, -0.2) is 0 Å². The maximum absolute atomic E-state index is 10.5. The zero-order valence-corrected chi connectivity index (χ0v) is 6.01. The lowest BCUT2D eigenvalue weighted by Gasteiger charge is -1.98. The Hall–Kier alpha value is -1.02. The van der Waals surface area contributed by atoms with E-state index in [2.05, 4.69) is 6.72 Å². The lowest BCUT2D eigenvalue weighted by molar-refractivity contribution is -0.349. The van der Waals surface area contributed by atoms with Gasteiger partial charge in [-0.3, -0.25) is 0 Å². The summed E-state index contributed by atoms with van der Waals surface area (Å²) < 4.78 is 0.520. The van der Waals surface area contributed by atoms with Crippen molar-refractivity contribution in [1.82, 2.24) is 0 Å². The fraction of sp³-hybridized carbons (Fsp3) is 0. The lowest BCUT2D eigenvalue weighted by atomic mass is 10.3. The van der Waals surface area contributed by atoms with Crippen molar-refractivity contribution >= 4 is 24.0 Å². The molecule has 0 aromatic heterocycles. The normalized spacial score (nSPS) is 9.30. The van der Waals surface area contributed by atoms with Crippen LogP contribution in [0.4, 0.5) is 5.69 Å². The topological polar surface area (TPSA) is 26.1 Å². The van der Waals surface area contributed by atoms with E-state index in [0.717, 1.165) is 0 Å². The second-order valence-electron chi connectivity index (χ2n) is 1.86. The van der Waals surface area contributed by atoms with Crippen molar-refractivity contribution in [3.63, 3.8) is 0 Å². The van der Waals surface area contributed by atoms with Crippen molar-refractivity contribution in [2.75, 3.05) is 0 Å².